The first kappa shape index (κ1) is 11.7. The summed E-state index contributed by atoms with van der Waals surface area (Å²) < 4.78 is 0. The molecule has 0 saturated heterocycles. The second kappa shape index (κ2) is 4.11. The molecule has 0 aromatic heterocycles. The van der Waals surface area contributed by atoms with Crippen LogP contribution in [0.25, 0.3) is 0 Å². The molecular formula is C12H24. The van der Waals surface area contributed by atoms with Crippen molar-refractivity contribution in [3.63, 3.8) is 0 Å². The molecule has 0 atom stereocenters. The van der Waals surface area contributed by atoms with Crippen molar-refractivity contribution in [1.82, 2.24) is 0 Å². The number of rotatable bonds is 2. The van der Waals surface area contributed by atoms with E-state index in [0.29, 0.717) is 10.8 Å². The van der Waals surface area contributed by atoms with Gasteiger partial charge in [-0.2, -0.15) is 0 Å². The highest BCUT2D eigenvalue weighted by Gasteiger charge is 2.08. The Hall–Kier alpha value is -0.260. The average Bonchev–Trinajstić information content (AvgIpc) is 1.76. The molecular weight excluding hydrogens is 144 g/mol. The van der Waals surface area contributed by atoms with Gasteiger partial charge in [-0.15, -0.1) is 0 Å². The molecule has 0 radical (unpaired) electrons. The van der Waals surface area contributed by atoms with Crippen molar-refractivity contribution in [2.75, 3.05) is 0 Å². The fourth-order valence-corrected chi connectivity index (χ4v) is 0.874. The molecule has 0 heterocycles. The molecule has 0 heteroatoms. The van der Waals surface area contributed by atoms with Gasteiger partial charge in [0.1, 0.15) is 0 Å². The first-order chi connectivity index (χ1) is 5.21. The van der Waals surface area contributed by atoms with Crippen molar-refractivity contribution < 1.29 is 0 Å². The van der Waals surface area contributed by atoms with Crippen LogP contribution in [0.4, 0.5) is 0 Å². The van der Waals surface area contributed by atoms with Gasteiger partial charge >= 0.3 is 0 Å². The molecule has 72 valence electrons. The number of hydrogen-bond acceptors (Lipinski definition) is 0. The summed E-state index contributed by atoms with van der Waals surface area (Å²) >= 11 is 0. The Morgan fingerprint density at radius 2 is 0.917 bits per heavy atom. The van der Waals surface area contributed by atoms with Gasteiger partial charge in [0.2, 0.25) is 0 Å². The molecule has 0 aromatic rings. The molecule has 0 N–H and O–H groups in total. The maximum Gasteiger partial charge on any atom is -0.0302 e. The SMILES string of the molecule is CC(C)(C)C/C=C/CC(C)(C)C. The van der Waals surface area contributed by atoms with E-state index in [4.69, 9.17) is 0 Å². The van der Waals surface area contributed by atoms with E-state index in [1.54, 1.807) is 0 Å². The minimum Gasteiger partial charge on any atom is -0.0880 e. The molecule has 12 heavy (non-hydrogen) atoms. The largest absolute Gasteiger partial charge is 0.0880 e. The van der Waals surface area contributed by atoms with E-state index in [1.165, 1.54) is 12.8 Å². The molecule has 0 rings (SSSR count). The fourth-order valence-electron chi connectivity index (χ4n) is 0.874. The molecule has 0 unspecified atom stereocenters. The predicted molar refractivity (Wildman–Crippen MR) is 57.3 cm³/mol. The van der Waals surface area contributed by atoms with E-state index in [1.807, 2.05) is 0 Å². The van der Waals surface area contributed by atoms with Crippen LogP contribution in [0.15, 0.2) is 12.2 Å². The van der Waals surface area contributed by atoms with Crippen LogP contribution >= 0.6 is 0 Å². The van der Waals surface area contributed by atoms with Crippen LogP contribution < -0.4 is 0 Å². The van der Waals surface area contributed by atoms with E-state index in [0.717, 1.165) is 0 Å². The third kappa shape index (κ3) is 9.74. The molecule has 0 amide bonds. The Morgan fingerprint density at radius 1 is 0.667 bits per heavy atom. The standard InChI is InChI=1S/C12H24/c1-11(2,3)9-7-8-10-12(4,5)6/h7-8H,9-10H2,1-6H3/b8-7+. The van der Waals surface area contributed by atoms with Crippen molar-refractivity contribution >= 4 is 0 Å². The highest BCUT2D eigenvalue weighted by molar-refractivity contribution is 4.88. The first-order valence-corrected chi connectivity index (χ1v) is 4.86. The Kier molecular flexibility index (Phi) is 4.02. The van der Waals surface area contributed by atoms with Gasteiger partial charge in [-0.3, -0.25) is 0 Å². The Balaban J connectivity index is 3.66. The highest BCUT2D eigenvalue weighted by atomic mass is 14.1. The second-order valence-electron chi connectivity index (χ2n) is 6.00. The average molecular weight is 168 g/mol. The van der Waals surface area contributed by atoms with Crippen LogP contribution in [-0.4, -0.2) is 0 Å². The Labute approximate surface area is 78.1 Å². The summed E-state index contributed by atoms with van der Waals surface area (Å²) in [6.07, 6.45) is 6.99. The van der Waals surface area contributed by atoms with Gasteiger partial charge in [0.05, 0.1) is 0 Å². The molecule has 0 saturated carbocycles. The van der Waals surface area contributed by atoms with E-state index < -0.39 is 0 Å². The van der Waals surface area contributed by atoms with Gasteiger partial charge < -0.3 is 0 Å². The normalized spacial score (nSPS) is 14.2. The molecule has 0 aliphatic heterocycles. The Bertz CT molecular complexity index is 120. The lowest BCUT2D eigenvalue weighted by atomic mass is 9.89. The summed E-state index contributed by atoms with van der Waals surface area (Å²) in [4.78, 5) is 0. The van der Waals surface area contributed by atoms with Crippen LogP contribution in [0, 0.1) is 10.8 Å². The van der Waals surface area contributed by atoms with Crippen molar-refractivity contribution in [1.29, 1.82) is 0 Å². The van der Waals surface area contributed by atoms with Crippen molar-refractivity contribution in [3.05, 3.63) is 12.2 Å². The Morgan fingerprint density at radius 3 is 1.08 bits per heavy atom. The van der Waals surface area contributed by atoms with Crippen LogP contribution in [0.2, 0.25) is 0 Å². The van der Waals surface area contributed by atoms with Crippen molar-refractivity contribution in [3.8, 4) is 0 Å². The van der Waals surface area contributed by atoms with Crippen LogP contribution in [0.3, 0.4) is 0 Å². The molecule has 0 spiro atoms. The molecule has 0 aliphatic rings. The van der Waals surface area contributed by atoms with Crippen molar-refractivity contribution in [2.45, 2.75) is 54.4 Å². The minimum atomic E-state index is 0.439. The zero-order valence-corrected chi connectivity index (χ0v) is 9.57. The van der Waals surface area contributed by atoms with Crippen molar-refractivity contribution in [2.24, 2.45) is 10.8 Å². The summed E-state index contributed by atoms with van der Waals surface area (Å²) in [6.45, 7) is 13.6. The van der Waals surface area contributed by atoms with Gasteiger partial charge in [-0.05, 0) is 23.7 Å². The van der Waals surface area contributed by atoms with Gasteiger partial charge in [-0.25, -0.2) is 0 Å². The fraction of sp³-hybridized carbons (Fsp3) is 0.833. The van der Waals surface area contributed by atoms with Gasteiger partial charge in [0, 0.05) is 0 Å². The highest BCUT2D eigenvalue weighted by Crippen LogP contribution is 2.22. The summed E-state index contributed by atoms with van der Waals surface area (Å²) in [6, 6.07) is 0. The van der Waals surface area contributed by atoms with E-state index >= 15 is 0 Å². The predicted octanol–water partition coefficient (Wildman–Crippen LogP) is 4.42. The lowest BCUT2D eigenvalue weighted by molar-refractivity contribution is 0.408. The smallest absolute Gasteiger partial charge is 0.0302 e. The lowest BCUT2D eigenvalue weighted by Gasteiger charge is -2.17. The third-order valence-electron chi connectivity index (χ3n) is 1.63. The van der Waals surface area contributed by atoms with Crippen LogP contribution in [0.1, 0.15) is 54.4 Å². The van der Waals surface area contributed by atoms with Crippen LogP contribution in [0.5, 0.6) is 0 Å². The minimum absolute atomic E-state index is 0.439. The van der Waals surface area contributed by atoms with Gasteiger partial charge in [-0.1, -0.05) is 53.7 Å². The molecule has 0 aliphatic carbocycles. The quantitative estimate of drug-likeness (QED) is 0.536. The topological polar surface area (TPSA) is 0 Å². The maximum absolute atomic E-state index is 2.31. The van der Waals surface area contributed by atoms with Crippen LogP contribution in [-0.2, 0) is 0 Å². The molecule has 0 bridgehead atoms. The summed E-state index contributed by atoms with van der Waals surface area (Å²) in [5.74, 6) is 0. The maximum atomic E-state index is 2.31. The molecule has 0 nitrogen and oxygen atoms in total. The molecule has 0 fully saturated rings. The summed E-state index contributed by atoms with van der Waals surface area (Å²) in [5.41, 5.74) is 0.878. The lowest BCUT2D eigenvalue weighted by Crippen LogP contribution is -2.04. The van der Waals surface area contributed by atoms with Gasteiger partial charge in [0.25, 0.3) is 0 Å². The molecule has 0 aromatic carbocycles. The summed E-state index contributed by atoms with van der Waals surface area (Å²) in [5, 5.41) is 0. The zero-order chi connectivity index (χ0) is 9.83. The number of hydrogen-bond donors (Lipinski definition) is 0. The monoisotopic (exact) mass is 168 g/mol. The first-order valence-electron chi connectivity index (χ1n) is 4.86. The second-order valence-corrected chi connectivity index (χ2v) is 6.00. The van der Waals surface area contributed by atoms with E-state index in [2.05, 4.69) is 53.7 Å². The number of allylic oxidation sites excluding steroid dienone is 2. The van der Waals surface area contributed by atoms with E-state index in [9.17, 15) is 0 Å². The third-order valence-corrected chi connectivity index (χ3v) is 1.63. The zero-order valence-electron chi connectivity index (χ0n) is 9.57. The summed E-state index contributed by atoms with van der Waals surface area (Å²) in [7, 11) is 0. The van der Waals surface area contributed by atoms with Gasteiger partial charge in [0.15, 0.2) is 0 Å². The van der Waals surface area contributed by atoms with E-state index in [-0.39, 0.29) is 0 Å².